The van der Waals surface area contributed by atoms with Crippen LogP contribution < -0.4 is 14.8 Å². The van der Waals surface area contributed by atoms with Crippen LogP contribution in [-0.4, -0.2) is 25.1 Å². The number of carbonyl (C=O) groups excluding carboxylic acids is 1. The number of halogens is 1. The van der Waals surface area contributed by atoms with Gasteiger partial charge >= 0.3 is 0 Å². The Bertz CT molecular complexity index is 1330. The Morgan fingerprint density at radius 3 is 2.44 bits per heavy atom. The summed E-state index contributed by atoms with van der Waals surface area (Å²) in [5.41, 5.74) is 4.93. The van der Waals surface area contributed by atoms with Crippen LogP contribution in [0.2, 0.25) is 0 Å². The number of anilines is 1. The van der Waals surface area contributed by atoms with Crippen molar-refractivity contribution in [3.8, 4) is 22.8 Å². The first-order chi connectivity index (χ1) is 15.4. The highest BCUT2D eigenvalue weighted by Crippen LogP contribution is 2.34. The Balaban J connectivity index is 1.85. The van der Waals surface area contributed by atoms with Gasteiger partial charge in [-0.3, -0.25) is 4.79 Å². The summed E-state index contributed by atoms with van der Waals surface area (Å²) >= 11 is 0. The molecule has 0 bridgehead atoms. The highest BCUT2D eigenvalue weighted by Gasteiger charge is 2.17. The molecule has 6 heteroatoms. The maximum absolute atomic E-state index is 14.0. The molecule has 5 nitrogen and oxygen atoms in total. The molecular weight excluding hydrogens is 407 g/mol. The molecule has 0 saturated carbocycles. The van der Waals surface area contributed by atoms with Crippen LogP contribution in [0.25, 0.3) is 22.2 Å². The van der Waals surface area contributed by atoms with Crippen molar-refractivity contribution in [2.75, 3.05) is 19.5 Å². The third-order valence-corrected chi connectivity index (χ3v) is 5.46. The van der Waals surface area contributed by atoms with Crippen molar-refractivity contribution in [3.05, 3.63) is 83.2 Å². The zero-order valence-electron chi connectivity index (χ0n) is 18.3. The first kappa shape index (κ1) is 21.3. The lowest BCUT2D eigenvalue weighted by molar-refractivity contribution is 0.102. The Morgan fingerprint density at radius 2 is 1.72 bits per heavy atom. The fourth-order valence-electron chi connectivity index (χ4n) is 3.55. The van der Waals surface area contributed by atoms with E-state index >= 15 is 0 Å². The van der Waals surface area contributed by atoms with Gasteiger partial charge in [-0.2, -0.15) is 0 Å². The molecule has 0 fully saturated rings. The Morgan fingerprint density at radius 1 is 0.906 bits per heavy atom. The van der Waals surface area contributed by atoms with E-state index in [2.05, 4.69) is 10.3 Å². The monoisotopic (exact) mass is 430 g/mol. The standard InChI is InChI=1S/C26H23FN2O3/c1-15-5-7-18(11-16(15)2)28-26(30)22-14-24(29-23-10-6-17(27)12-21(22)23)20-9-8-19(31-3)13-25(20)32-4/h5-14H,1-4H3,(H,28,30). The van der Waals surface area contributed by atoms with Gasteiger partial charge in [0, 0.05) is 22.7 Å². The average molecular weight is 430 g/mol. The molecule has 0 radical (unpaired) electrons. The number of hydrogen-bond acceptors (Lipinski definition) is 4. The number of rotatable bonds is 5. The van der Waals surface area contributed by atoms with Gasteiger partial charge in [-0.25, -0.2) is 9.37 Å². The van der Waals surface area contributed by atoms with Crippen LogP contribution in [0.5, 0.6) is 11.5 Å². The van der Waals surface area contributed by atoms with Crippen LogP contribution in [0.3, 0.4) is 0 Å². The third kappa shape index (κ3) is 4.12. The Kier molecular flexibility index (Phi) is 5.77. The molecule has 0 aliphatic heterocycles. The topological polar surface area (TPSA) is 60.5 Å². The summed E-state index contributed by atoms with van der Waals surface area (Å²) < 4.78 is 24.8. The number of nitrogens with zero attached hydrogens (tertiary/aromatic N) is 1. The SMILES string of the molecule is COc1ccc(-c2cc(C(=O)Nc3ccc(C)c(C)c3)c3cc(F)ccc3n2)c(OC)c1. The van der Waals surface area contributed by atoms with Crippen molar-refractivity contribution >= 4 is 22.5 Å². The number of carbonyl (C=O) groups is 1. The average Bonchev–Trinajstić information content (AvgIpc) is 2.80. The van der Waals surface area contributed by atoms with Gasteiger partial charge in [0.1, 0.15) is 17.3 Å². The molecule has 162 valence electrons. The summed E-state index contributed by atoms with van der Waals surface area (Å²) in [6, 6.07) is 16.9. The fourth-order valence-corrected chi connectivity index (χ4v) is 3.55. The second kappa shape index (κ2) is 8.67. The number of benzene rings is 3. The van der Waals surface area contributed by atoms with Crippen molar-refractivity contribution in [1.29, 1.82) is 0 Å². The normalized spacial score (nSPS) is 10.8. The summed E-state index contributed by atoms with van der Waals surface area (Å²) in [6.07, 6.45) is 0. The lowest BCUT2D eigenvalue weighted by Crippen LogP contribution is -2.13. The van der Waals surface area contributed by atoms with Crippen LogP contribution in [0.15, 0.2) is 60.7 Å². The molecule has 1 amide bonds. The van der Waals surface area contributed by atoms with E-state index in [1.54, 1.807) is 38.5 Å². The van der Waals surface area contributed by atoms with E-state index in [1.807, 2.05) is 38.1 Å². The fraction of sp³-hybridized carbons (Fsp3) is 0.154. The maximum atomic E-state index is 14.0. The van der Waals surface area contributed by atoms with Crippen LogP contribution in [-0.2, 0) is 0 Å². The molecule has 1 aromatic heterocycles. The number of amides is 1. The maximum Gasteiger partial charge on any atom is 0.256 e. The first-order valence-electron chi connectivity index (χ1n) is 10.1. The van der Waals surface area contributed by atoms with Gasteiger partial charge in [0.25, 0.3) is 5.91 Å². The Hall–Kier alpha value is -3.93. The van der Waals surface area contributed by atoms with Crippen molar-refractivity contribution in [2.24, 2.45) is 0 Å². The smallest absolute Gasteiger partial charge is 0.256 e. The number of pyridine rings is 1. The molecule has 1 N–H and O–H groups in total. The highest BCUT2D eigenvalue weighted by atomic mass is 19.1. The van der Waals surface area contributed by atoms with Crippen molar-refractivity contribution in [3.63, 3.8) is 0 Å². The Labute approximate surface area is 185 Å². The van der Waals surface area contributed by atoms with E-state index in [0.29, 0.717) is 44.9 Å². The lowest BCUT2D eigenvalue weighted by Gasteiger charge is -2.14. The van der Waals surface area contributed by atoms with Gasteiger partial charge in [-0.05, 0) is 73.5 Å². The lowest BCUT2D eigenvalue weighted by atomic mass is 10.0. The predicted molar refractivity (Wildman–Crippen MR) is 124 cm³/mol. The number of ether oxygens (including phenoxy) is 2. The quantitative estimate of drug-likeness (QED) is 0.426. The third-order valence-electron chi connectivity index (χ3n) is 5.46. The van der Waals surface area contributed by atoms with E-state index in [0.717, 1.165) is 11.1 Å². The highest BCUT2D eigenvalue weighted by molar-refractivity contribution is 6.13. The first-order valence-corrected chi connectivity index (χ1v) is 10.1. The summed E-state index contributed by atoms with van der Waals surface area (Å²) in [4.78, 5) is 17.9. The zero-order chi connectivity index (χ0) is 22.8. The predicted octanol–water partition coefficient (Wildman–Crippen LogP) is 5.93. The molecule has 0 spiro atoms. The van der Waals surface area contributed by atoms with Gasteiger partial charge in [0.05, 0.1) is 31.0 Å². The molecule has 0 unspecified atom stereocenters. The molecule has 32 heavy (non-hydrogen) atoms. The molecule has 1 heterocycles. The summed E-state index contributed by atoms with van der Waals surface area (Å²) in [5.74, 6) is 0.411. The van der Waals surface area contributed by atoms with Crippen molar-refractivity contribution < 1.29 is 18.7 Å². The molecule has 4 aromatic rings. The van der Waals surface area contributed by atoms with E-state index in [9.17, 15) is 9.18 Å². The molecule has 0 aliphatic rings. The van der Waals surface area contributed by atoms with Gasteiger partial charge in [0.2, 0.25) is 0 Å². The summed E-state index contributed by atoms with van der Waals surface area (Å²) in [6.45, 7) is 3.99. The molecule has 4 rings (SSSR count). The largest absolute Gasteiger partial charge is 0.497 e. The minimum absolute atomic E-state index is 0.320. The minimum atomic E-state index is -0.436. The molecule has 0 atom stereocenters. The number of nitrogens with one attached hydrogen (secondary N) is 1. The van der Waals surface area contributed by atoms with E-state index in [1.165, 1.54) is 12.1 Å². The molecule has 3 aromatic carbocycles. The molecule has 0 aliphatic carbocycles. The van der Waals surface area contributed by atoms with Gasteiger partial charge in [-0.15, -0.1) is 0 Å². The number of aromatic nitrogens is 1. The van der Waals surface area contributed by atoms with Crippen LogP contribution in [0.4, 0.5) is 10.1 Å². The number of fused-ring (bicyclic) bond motifs is 1. The van der Waals surface area contributed by atoms with Crippen LogP contribution in [0, 0.1) is 19.7 Å². The van der Waals surface area contributed by atoms with E-state index in [-0.39, 0.29) is 5.91 Å². The number of hydrogen-bond donors (Lipinski definition) is 1. The van der Waals surface area contributed by atoms with E-state index < -0.39 is 5.82 Å². The molecule has 0 saturated heterocycles. The van der Waals surface area contributed by atoms with E-state index in [4.69, 9.17) is 9.47 Å². The van der Waals surface area contributed by atoms with Gasteiger partial charge in [0.15, 0.2) is 0 Å². The summed E-state index contributed by atoms with van der Waals surface area (Å²) in [7, 11) is 3.13. The van der Waals surface area contributed by atoms with Crippen LogP contribution >= 0.6 is 0 Å². The summed E-state index contributed by atoms with van der Waals surface area (Å²) in [5, 5.41) is 3.36. The number of aryl methyl sites for hydroxylation is 2. The zero-order valence-corrected chi connectivity index (χ0v) is 18.3. The second-order valence-electron chi connectivity index (χ2n) is 7.54. The van der Waals surface area contributed by atoms with Crippen molar-refractivity contribution in [2.45, 2.75) is 13.8 Å². The van der Waals surface area contributed by atoms with Crippen molar-refractivity contribution in [1.82, 2.24) is 4.98 Å². The van der Waals surface area contributed by atoms with Crippen LogP contribution in [0.1, 0.15) is 21.5 Å². The molecular formula is C26H23FN2O3. The minimum Gasteiger partial charge on any atom is -0.497 e. The number of methoxy groups -OCH3 is 2. The van der Waals surface area contributed by atoms with Gasteiger partial charge < -0.3 is 14.8 Å². The second-order valence-corrected chi connectivity index (χ2v) is 7.54. The van der Waals surface area contributed by atoms with Gasteiger partial charge in [-0.1, -0.05) is 6.07 Å².